The van der Waals surface area contributed by atoms with E-state index in [9.17, 15) is 8.42 Å². The average Bonchev–Trinajstić information content (AvgIpc) is 2.41. The topological polar surface area (TPSA) is 55.4 Å². The Bertz CT molecular complexity index is 482. The van der Waals surface area contributed by atoms with Gasteiger partial charge in [0.25, 0.3) is 0 Å². The molecule has 0 fully saturated rings. The molecule has 0 saturated heterocycles. The van der Waals surface area contributed by atoms with Crippen LogP contribution in [-0.2, 0) is 16.3 Å². The van der Waals surface area contributed by atoms with Gasteiger partial charge in [0.15, 0.2) is 0 Å². The molecule has 4 nitrogen and oxygen atoms in total. The first-order valence-corrected chi connectivity index (χ1v) is 9.02. The summed E-state index contributed by atoms with van der Waals surface area (Å²) in [5.41, 5.74) is 1.21. The number of hydrogen-bond donors (Lipinski definition) is 1. The maximum absolute atomic E-state index is 11.3. The van der Waals surface area contributed by atoms with Crippen LogP contribution >= 0.6 is 0 Å². The van der Waals surface area contributed by atoms with E-state index in [4.69, 9.17) is 4.74 Å². The highest BCUT2D eigenvalue weighted by atomic mass is 32.2. The van der Waals surface area contributed by atoms with Gasteiger partial charge in [-0.25, -0.2) is 8.42 Å². The first kappa shape index (κ1) is 17.0. The van der Waals surface area contributed by atoms with Gasteiger partial charge in [-0.1, -0.05) is 19.1 Å². The summed E-state index contributed by atoms with van der Waals surface area (Å²) in [6, 6.07) is 7.96. The molecule has 5 heteroatoms. The van der Waals surface area contributed by atoms with Gasteiger partial charge >= 0.3 is 0 Å². The second kappa shape index (κ2) is 8.27. The smallest absolute Gasteiger partial charge is 0.147 e. The van der Waals surface area contributed by atoms with Crippen molar-refractivity contribution in [3.05, 3.63) is 29.8 Å². The molecular weight excluding hydrogens is 274 g/mol. The van der Waals surface area contributed by atoms with E-state index in [0.29, 0.717) is 12.3 Å². The predicted molar refractivity (Wildman–Crippen MR) is 83.1 cm³/mol. The molecule has 1 aromatic rings. The predicted octanol–water partition coefficient (Wildman–Crippen LogP) is 1.90. The Morgan fingerprint density at radius 2 is 1.90 bits per heavy atom. The molecule has 0 aliphatic carbocycles. The fourth-order valence-electron chi connectivity index (χ4n) is 2.10. The number of methoxy groups -OCH3 is 1. The van der Waals surface area contributed by atoms with Gasteiger partial charge in [0, 0.05) is 6.26 Å². The molecule has 1 aromatic carbocycles. The molecule has 0 radical (unpaired) electrons. The molecule has 0 heterocycles. The van der Waals surface area contributed by atoms with Crippen LogP contribution in [0.4, 0.5) is 0 Å². The average molecular weight is 299 g/mol. The highest BCUT2D eigenvalue weighted by Gasteiger charge is 2.13. The molecule has 0 aromatic heterocycles. The number of sulfone groups is 1. The lowest BCUT2D eigenvalue weighted by atomic mass is 9.96. The Kier molecular flexibility index (Phi) is 7.02. The molecule has 0 bridgehead atoms. The van der Waals surface area contributed by atoms with Gasteiger partial charge in [0.1, 0.15) is 15.6 Å². The quantitative estimate of drug-likeness (QED) is 0.756. The van der Waals surface area contributed by atoms with Gasteiger partial charge in [0.05, 0.1) is 12.9 Å². The largest absolute Gasteiger partial charge is 0.497 e. The fourth-order valence-corrected chi connectivity index (χ4v) is 2.86. The molecule has 0 aliphatic rings. The fraction of sp³-hybridized carbons (Fsp3) is 0.600. The lowest BCUT2D eigenvalue weighted by Gasteiger charge is -2.17. The number of hydrogen-bond acceptors (Lipinski definition) is 4. The lowest BCUT2D eigenvalue weighted by molar-refractivity contribution is 0.414. The first-order chi connectivity index (χ1) is 9.44. The highest BCUT2D eigenvalue weighted by molar-refractivity contribution is 7.90. The summed E-state index contributed by atoms with van der Waals surface area (Å²) in [6.07, 6.45) is 2.87. The van der Waals surface area contributed by atoms with Crippen molar-refractivity contribution in [2.45, 2.75) is 19.8 Å². The van der Waals surface area contributed by atoms with Crippen molar-refractivity contribution in [2.75, 3.05) is 32.2 Å². The van der Waals surface area contributed by atoms with Crippen molar-refractivity contribution < 1.29 is 13.2 Å². The van der Waals surface area contributed by atoms with E-state index >= 15 is 0 Å². The van der Waals surface area contributed by atoms with Crippen LogP contribution in [0.25, 0.3) is 0 Å². The maximum Gasteiger partial charge on any atom is 0.147 e. The molecule has 1 N–H and O–H groups in total. The number of benzene rings is 1. The van der Waals surface area contributed by atoms with Crippen LogP contribution in [0.2, 0.25) is 0 Å². The summed E-state index contributed by atoms with van der Waals surface area (Å²) < 4.78 is 27.8. The van der Waals surface area contributed by atoms with Crippen LogP contribution in [0.15, 0.2) is 24.3 Å². The van der Waals surface area contributed by atoms with Gasteiger partial charge < -0.3 is 10.1 Å². The molecule has 0 amide bonds. The van der Waals surface area contributed by atoms with Gasteiger partial charge in [0.2, 0.25) is 0 Å². The van der Waals surface area contributed by atoms with E-state index < -0.39 is 9.84 Å². The Labute approximate surface area is 122 Å². The third-order valence-corrected chi connectivity index (χ3v) is 4.24. The van der Waals surface area contributed by atoms with Crippen molar-refractivity contribution in [3.63, 3.8) is 0 Å². The molecule has 114 valence electrons. The third-order valence-electron chi connectivity index (χ3n) is 3.26. The molecule has 1 rings (SSSR count). The zero-order valence-corrected chi connectivity index (χ0v) is 13.4. The molecule has 1 unspecified atom stereocenters. The van der Waals surface area contributed by atoms with Crippen LogP contribution in [0.1, 0.15) is 18.9 Å². The molecular formula is C15H25NO3S. The highest BCUT2D eigenvalue weighted by Crippen LogP contribution is 2.16. The van der Waals surface area contributed by atoms with Crippen molar-refractivity contribution >= 4 is 9.84 Å². The second-order valence-corrected chi connectivity index (χ2v) is 7.40. The van der Waals surface area contributed by atoms with Crippen LogP contribution in [-0.4, -0.2) is 40.6 Å². The van der Waals surface area contributed by atoms with E-state index in [1.165, 1.54) is 11.8 Å². The van der Waals surface area contributed by atoms with Crippen LogP contribution in [0, 0.1) is 5.92 Å². The summed E-state index contributed by atoms with van der Waals surface area (Å²) in [5.74, 6) is 1.42. The summed E-state index contributed by atoms with van der Waals surface area (Å²) in [4.78, 5) is 0. The zero-order valence-electron chi connectivity index (χ0n) is 12.6. The minimum absolute atomic E-state index is 0.249. The monoisotopic (exact) mass is 299 g/mol. The minimum Gasteiger partial charge on any atom is -0.497 e. The molecule has 0 saturated carbocycles. The molecule has 1 atom stereocenters. The van der Waals surface area contributed by atoms with Crippen molar-refractivity contribution in [2.24, 2.45) is 5.92 Å². The van der Waals surface area contributed by atoms with Crippen LogP contribution in [0.3, 0.4) is 0 Å². The lowest BCUT2D eigenvalue weighted by Crippen LogP contribution is -2.25. The number of nitrogens with one attached hydrogen (secondary N) is 1. The van der Waals surface area contributed by atoms with Crippen molar-refractivity contribution in [1.82, 2.24) is 5.32 Å². The molecule has 0 spiro atoms. The normalized spacial score (nSPS) is 13.2. The van der Waals surface area contributed by atoms with E-state index in [1.54, 1.807) is 7.11 Å². The summed E-state index contributed by atoms with van der Waals surface area (Å²) in [5, 5.41) is 3.31. The first-order valence-electron chi connectivity index (χ1n) is 6.96. The Morgan fingerprint density at radius 3 is 2.40 bits per heavy atom. The SMILES string of the molecule is CCNCC(CCS(C)(=O)=O)Cc1ccc(OC)cc1. The second-order valence-electron chi connectivity index (χ2n) is 5.14. The van der Waals surface area contributed by atoms with E-state index in [-0.39, 0.29) is 5.75 Å². The van der Waals surface area contributed by atoms with E-state index in [1.807, 2.05) is 24.3 Å². The Balaban J connectivity index is 2.62. The molecule has 0 aliphatic heterocycles. The summed E-state index contributed by atoms with van der Waals surface area (Å²) in [6.45, 7) is 3.80. The van der Waals surface area contributed by atoms with Crippen LogP contribution in [0.5, 0.6) is 5.75 Å². The molecule has 20 heavy (non-hydrogen) atoms. The summed E-state index contributed by atoms with van der Waals surface area (Å²) >= 11 is 0. The summed E-state index contributed by atoms with van der Waals surface area (Å²) in [7, 11) is -1.25. The van der Waals surface area contributed by atoms with Gasteiger partial charge in [-0.15, -0.1) is 0 Å². The van der Waals surface area contributed by atoms with Crippen LogP contribution < -0.4 is 10.1 Å². The zero-order chi connectivity index (χ0) is 15.0. The Morgan fingerprint density at radius 1 is 1.25 bits per heavy atom. The third kappa shape index (κ3) is 6.91. The maximum atomic E-state index is 11.3. The van der Waals surface area contributed by atoms with Crippen molar-refractivity contribution in [3.8, 4) is 5.75 Å². The number of ether oxygens (including phenoxy) is 1. The number of rotatable bonds is 9. The standard InChI is InChI=1S/C15H25NO3S/c1-4-16-12-14(9-10-20(3,17)18)11-13-5-7-15(19-2)8-6-13/h5-8,14,16H,4,9-12H2,1-3H3. The van der Waals surface area contributed by atoms with E-state index in [0.717, 1.165) is 25.3 Å². The minimum atomic E-state index is -2.89. The van der Waals surface area contributed by atoms with Gasteiger partial charge in [-0.2, -0.15) is 0 Å². The van der Waals surface area contributed by atoms with Gasteiger partial charge in [-0.3, -0.25) is 0 Å². The Hall–Kier alpha value is -1.07. The van der Waals surface area contributed by atoms with E-state index in [2.05, 4.69) is 12.2 Å². The van der Waals surface area contributed by atoms with Gasteiger partial charge in [-0.05, 0) is 49.5 Å². The van der Waals surface area contributed by atoms with Crippen molar-refractivity contribution in [1.29, 1.82) is 0 Å².